The van der Waals surface area contributed by atoms with Crippen molar-refractivity contribution in [2.24, 2.45) is 5.92 Å². The molecule has 2 nitrogen and oxygen atoms in total. The average molecular weight is 240 g/mol. The van der Waals surface area contributed by atoms with E-state index in [2.05, 4.69) is 37.9 Å². The van der Waals surface area contributed by atoms with E-state index in [1.165, 1.54) is 45.2 Å². The van der Waals surface area contributed by atoms with Crippen LogP contribution in [0.15, 0.2) is 0 Å². The molecule has 0 aliphatic carbocycles. The standard InChI is InChI=1S/C15H32N2/c1-5-7-14(3)16-12-15(4)17-10-6-8-13(2)9-11-17/h13-16H,5-12H2,1-4H3. The van der Waals surface area contributed by atoms with Crippen LogP contribution in [0.25, 0.3) is 0 Å². The lowest BCUT2D eigenvalue weighted by molar-refractivity contribution is 0.206. The fourth-order valence-corrected chi connectivity index (χ4v) is 2.76. The quantitative estimate of drug-likeness (QED) is 0.766. The average Bonchev–Trinajstić information content (AvgIpc) is 2.51. The first-order chi connectivity index (χ1) is 8.13. The summed E-state index contributed by atoms with van der Waals surface area (Å²) in [7, 11) is 0. The molecule has 1 aliphatic rings. The van der Waals surface area contributed by atoms with E-state index in [1.807, 2.05) is 0 Å². The van der Waals surface area contributed by atoms with Crippen molar-refractivity contribution >= 4 is 0 Å². The Morgan fingerprint density at radius 1 is 1.24 bits per heavy atom. The molecule has 1 heterocycles. The molecule has 1 saturated heterocycles. The molecule has 1 fully saturated rings. The Hall–Kier alpha value is -0.0800. The molecule has 0 amide bonds. The van der Waals surface area contributed by atoms with Gasteiger partial charge in [0.1, 0.15) is 0 Å². The maximum Gasteiger partial charge on any atom is 0.0192 e. The minimum atomic E-state index is 0.674. The van der Waals surface area contributed by atoms with Crippen molar-refractivity contribution in [1.29, 1.82) is 0 Å². The number of nitrogens with zero attached hydrogens (tertiary/aromatic N) is 1. The minimum absolute atomic E-state index is 0.674. The molecule has 0 radical (unpaired) electrons. The highest BCUT2D eigenvalue weighted by Gasteiger charge is 2.18. The van der Waals surface area contributed by atoms with Gasteiger partial charge in [0.15, 0.2) is 0 Å². The first-order valence-corrected chi connectivity index (χ1v) is 7.61. The van der Waals surface area contributed by atoms with Crippen LogP contribution in [0.1, 0.15) is 59.8 Å². The Morgan fingerprint density at radius 2 is 2.00 bits per heavy atom. The van der Waals surface area contributed by atoms with Crippen molar-refractivity contribution in [3.63, 3.8) is 0 Å². The molecule has 0 saturated carbocycles. The molecule has 0 aromatic carbocycles. The fourth-order valence-electron chi connectivity index (χ4n) is 2.76. The van der Waals surface area contributed by atoms with E-state index in [0.717, 1.165) is 12.5 Å². The predicted molar refractivity (Wildman–Crippen MR) is 76.4 cm³/mol. The zero-order valence-corrected chi connectivity index (χ0v) is 12.3. The first kappa shape index (κ1) is 15.0. The largest absolute Gasteiger partial charge is 0.313 e. The lowest BCUT2D eigenvalue weighted by atomic mass is 10.0. The summed E-state index contributed by atoms with van der Waals surface area (Å²) in [6.45, 7) is 13.1. The summed E-state index contributed by atoms with van der Waals surface area (Å²) in [5, 5.41) is 3.67. The lowest BCUT2D eigenvalue weighted by Crippen LogP contribution is -2.43. The normalized spacial score (nSPS) is 26.5. The second kappa shape index (κ2) is 8.10. The second-order valence-electron chi connectivity index (χ2n) is 6.02. The number of likely N-dealkylation sites (tertiary alicyclic amines) is 1. The summed E-state index contributed by atoms with van der Waals surface area (Å²) < 4.78 is 0. The molecule has 1 rings (SSSR count). The molecule has 1 aliphatic heterocycles. The van der Waals surface area contributed by atoms with Gasteiger partial charge in [-0.1, -0.05) is 20.3 Å². The van der Waals surface area contributed by atoms with Gasteiger partial charge in [0.05, 0.1) is 0 Å². The van der Waals surface area contributed by atoms with Gasteiger partial charge in [-0.2, -0.15) is 0 Å². The maximum atomic E-state index is 3.67. The second-order valence-corrected chi connectivity index (χ2v) is 6.02. The third kappa shape index (κ3) is 5.87. The number of hydrogen-bond donors (Lipinski definition) is 1. The molecule has 3 atom stereocenters. The number of rotatable bonds is 6. The number of hydrogen-bond acceptors (Lipinski definition) is 2. The summed E-state index contributed by atoms with van der Waals surface area (Å²) in [4.78, 5) is 2.68. The van der Waals surface area contributed by atoms with Gasteiger partial charge in [0.2, 0.25) is 0 Å². The van der Waals surface area contributed by atoms with E-state index >= 15 is 0 Å². The van der Waals surface area contributed by atoms with Crippen LogP contribution in [0.3, 0.4) is 0 Å². The van der Waals surface area contributed by atoms with Crippen LogP contribution in [0.4, 0.5) is 0 Å². The zero-order valence-electron chi connectivity index (χ0n) is 12.3. The molecular formula is C15H32N2. The molecular weight excluding hydrogens is 208 g/mol. The molecule has 1 N–H and O–H groups in total. The number of nitrogens with one attached hydrogen (secondary N) is 1. The smallest absolute Gasteiger partial charge is 0.0192 e. The van der Waals surface area contributed by atoms with E-state index in [-0.39, 0.29) is 0 Å². The van der Waals surface area contributed by atoms with E-state index < -0.39 is 0 Å². The van der Waals surface area contributed by atoms with Crippen molar-refractivity contribution in [2.75, 3.05) is 19.6 Å². The summed E-state index contributed by atoms with van der Waals surface area (Å²) in [5.74, 6) is 0.930. The molecule has 102 valence electrons. The van der Waals surface area contributed by atoms with Gasteiger partial charge in [-0.05, 0) is 58.5 Å². The molecule has 0 bridgehead atoms. The minimum Gasteiger partial charge on any atom is -0.313 e. The van der Waals surface area contributed by atoms with Crippen LogP contribution < -0.4 is 5.32 Å². The predicted octanol–water partition coefficient (Wildman–Crippen LogP) is 3.28. The van der Waals surface area contributed by atoms with E-state index in [9.17, 15) is 0 Å². The fraction of sp³-hybridized carbons (Fsp3) is 1.00. The van der Waals surface area contributed by atoms with Gasteiger partial charge >= 0.3 is 0 Å². The van der Waals surface area contributed by atoms with E-state index in [1.54, 1.807) is 0 Å². The van der Waals surface area contributed by atoms with Crippen LogP contribution >= 0.6 is 0 Å². The first-order valence-electron chi connectivity index (χ1n) is 7.61. The summed E-state index contributed by atoms with van der Waals surface area (Å²) in [6.07, 6.45) is 6.77. The Labute approximate surface area is 108 Å². The van der Waals surface area contributed by atoms with Crippen molar-refractivity contribution in [1.82, 2.24) is 10.2 Å². The summed E-state index contributed by atoms with van der Waals surface area (Å²) in [6, 6.07) is 1.37. The van der Waals surface area contributed by atoms with Gasteiger partial charge in [-0.3, -0.25) is 4.90 Å². The van der Waals surface area contributed by atoms with Crippen molar-refractivity contribution in [3.05, 3.63) is 0 Å². The topological polar surface area (TPSA) is 15.3 Å². The maximum absolute atomic E-state index is 3.67. The van der Waals surface area contributed by atoms with Crippen molar-refractivity contribution in [3.8, 4) is 0 Å². The molecule has 17 heavy (non-hydrogen) atoms. The highest BCUT2D eigenvalue weighted by Crippen LogP contribution is 2.17. The third-order valence-corrected chi connectivity index (χ3v) is 4.16. The highest BCUT2D eigenvalue weighted by atomic mass is 15.2. The lowest BCUT2D eigenvalue weighted by Gasteiger charge is -2.29. The van der Waals surface area contributed by atoms with Crippen LogP contribution in [0, 0.1) is 5.92 Å². The van der Waals surface area contributed by atoms with Gasteiger partial charge in [0, 0.05) is 18.6 Å². The molecule has 0 aromatic rings. The van der Waals surface area contributed by atoms with Crippen molar-refractivity contribution in [2.45, 2.75) is 71.9 Å². The van der Waals surface area contributed by atoms with Crippen LogP contribution in [-0.2, 0) is 0 Å². The van der Waals surface area contributed by atoms with Crippen LogP contribution in [0.2, 0.25) is 0 Å². The Balaban J connectivity index is 2.24. The SMILES string of the molecule is CCCC(C)NCC(C)N1CCCC(C)CC1. The Bertz CT molecular complexity index is 193. The molecule has 2 heteroatoms. The van der Waals surface area contributed by atoms with Crippen LogP contribution in [0.5, 0.6) is 0 Å². The van der Waals surface area contributed by atoms with Gasteiger partial charge in [-0.15, -0.1) is 0 Å². The Morgan fingerprint density at radius 3 is 2.71 bits per heavy atom. The van der Waals surface area contributed by atoms with Crippen molar-refractivity contribution < 1.29 is 0 Å². The zero-order chi connectivity index (χ0) is 12.7. The highest BCUT2D eigenvalue weighted by molar-refractivity contribution is 4.75. The van der Waals surface area contributed by atoms with Gasteiger partial charge in [0.25, 0.3) is 0 Å². The molecule has 0 spiro atoms. The molecule has 0 aromatic heterocycles. The summed E-state index contributed by atoms with van der Waals surface area (Å²) in [5.41, 5.74) is 0. The Kier molecular flexibility index (Phi) is 7.14. The van der Waals surface area contributed by atoms with Gasteiger partial charge in [-0.25, -0.2) is 0 Å². The van der Waals surface area contributed by atoms with Crippen LogP contribution in [-0.4, -0.2) is 36.6 Å². The van der Waals surface area contributed by atoms with Gasteiger partial charge < -0.3 is 5.32 Å². The van der Waals surface area contributed by atoms with E-state index in [0.29, 0.717) is 12.1 Å². The summed E-state index contributed by atoms with van der Waals surface area (Å²) >= 11 is 0. The van der Waals surface area contributed by atoms with E-state index in [4.69, 9.17) is 0 Å². The third-order valence-electron chi connectivity index (χ3n) is 4.16. The monoisotopic (exact) mass is 240 g/mol. The molecule has 3 unspecified atom stereocenters.